The molecule has 2 nitrogen and oxygen atoms in total. The molecule has 0 unspecified atom stereocenters. The number of nitrogens with zero attached hydrogens (tertiary/aromatic N) is 1. The lowest BCUT2D eigenvalue weighted by atomic mass is 10.2. The van der Waals surface area contributed by atoms with E-state index < -0.39 is 6.43 Å². The third-order valence-corrected chi connectivity index (χ3v) is 3.28. The zero-order valence-corrected chi connectivity index (χ0v) is 13.2. The molecule has 0 saturated heterocycles. The van der Waals surface area contributed by atoms with Gasteiger partial charge in [0.05, 0.1) is 13.7 Å². The molecule has 6 heteroatoms. The van der Waals surface area contributed by atoms with Gasteiger partial charge >= 0.3 is 0 Å². The van der Waals surface area contributed by atoms with Crippen molar-refractivity contribution in [3.05, 3.63) is 28.2 Å². The summed E-state index contributed by atoms with van der Waals surface area (Å²) in [4.78, 5) is 1.70. The highest BCUT2D eigenvalue weighted by molar-refractivity contribution is 9.10. The van der Waals surface area contributed by atoms with Crippen molar-refractivity contribution in [1.82, 2.24) is 4.90 Å². The number of benzene rings is 1. The maximum absolute atomic E-state index is 12.5. The molecule has 0 heterocycles. The summed E-state index contributed by atoms with van der Waals surface area (Å²) in [5.74, 6) is 0.715. The first kappa shape index (κ1) is 15.9. The van der Waals surface area contributed by atoms with Gasteiger partial charge in [0.25, 0.3) is 6.43 Å². The number of hydrogen-bond acceptors (Lipinski definition) is 2. The van der Waals surface area contributed by atoms with Gasteiger partial charge in [0.2, 0.25) is 0 Å². The van der Waals surface area contributed by atoms with E-state index in [0.717, 1.165) is 10.0 Å². The summed E-state index contributed by atoms with van der Waals surface area (Å²) in [6, 6.07) is 5.59. The molecule has 0 fully saturated rings. The minimum Gasteiger partial charge on any atom is -0.496 e. The number of ether oxygens (including phenoxy) is 1. The summed E-state index contributed by atoms with van der Waals surface area (Å²) in [5.41, 5.74) is 0.897. The van der Waals surface area contributed by atoms with E-state index >= 15 is 0 Å². The molecule has 1 rings (SSSR count). The monoisotopic (exact) mass is 385 g/mol. The molecule has 0 aliphatic heterocycles. The van der Waals surface area contributed by atoms with E-state index in [1.165, 1.54) is 0 Å². The molecule has 0 aromatic heterocycles. The van der Waals surface area contributed by atoms with E-state index in [2.05, 4.69) is 31.9 Å². The van der Waals surface area contributed by atoms with Crippen LogP contribution in [-0.4, -0.2) is 36.9 Å². The zero-order chi connectivity index (χ0) is 13.5. The highest BCUT2D eigenvalue weighted by Gasteiger charge is 2.14. The van der Waals surface area contributed by atoms with Gasteiger partial charge in [-0.2, -0.15) is 0 Å². The van der Waals surface area contributed by atoms with E-state index in [1.54, 1.807) is 12.0 Å². The fraction of sp³-hybridized carbons (Fsp3) is 0.500. The van der Waals surface area contributed by atoms with Crippen molar-refractivity contribution in [3.63, 3.8) is 0 Å². The topological polar surface area (TPSA) is 12.5 Å². The summed E-state index contributed by atoms with van der Waals surface area (Å²) in [5, 5.41) is 0.663. The van der Waals surface area contributed by atoms with Crippen molar-refractivity contribution >= 4 is 31.9 Å². The third-order valence-electron chi connectivity index (χ3n) is 2.43. The fourth-order valence-electron chi connectivity index (χ4n) is 1.66. The number of methoxy groups -OCH3 is 1. The van der Waals surface area contributed by atoms with Gasteiger partial charge in [-0.1, -0.05) is 31.9 Å². The van der Waals surface area contributed by atoms with Gasteiger partial charge in [-0.25, -0.2) is 8.78 Å². The van der Waals surface area contributed by atoms with Crippen molar-refractivity contribution in [3.8, 4) is 5.75 Å². The van der Waals surface area contributed by atoms with Crippen LogP contribution in [0.3, 0.4) is 0 Å². The summed E-state index contributed by atoms with van der Waals surface area (Å²) in [7, 11) is 1.58. The number of rotatable bonds is 7. The second-order valence-corrected chi connectivity index (χ2v) is 5.48. The summed E-state index contributed by atoms with van der Waals surface area (Å²) < 4.78 is 31.1. The van der Waals surface area contributed by atoms with Crippen LogP contribution >= 0.6 is 31.9 Å². The minimum absolute atomic E-state index is 0.235. The van der Waals surface area contributed by atoms with Gasteiger partial charge in [-0.3, -0.25) is 4.90 Å². The molecule has 0 amide bonds. The van der Waals surface area contributed by atoms with Gasteiger partial charge in [-0.05, 0) is 18.2 Å². The van der Waals surface area contributed by atoms with Crippen molar-refractivity contribution in [1.29, 1.82) is 0 Å². The van der Waals surface area contributed by atoms with Crippen molar-refractivity contribution in [2.45, 2.75) is 13.0 Å². The Balaban J connectivity index is 2.81. The van der Waals surface area contributed by atoms with Crippen LogP contribution in [0.25, 0.3) is 0 Å². The quantitative estimate of drug-likeness (QED) is 0.658. The standard InChI is InChI=1S/C12H15Br2F2NO/c1-18-11-3-2-10(14)6-9(11)7-17(5-4-13)8-12(15)16/h2-3,6,12H,4-5,7-8H2,1H3. The number of hydrogen-bond donors (Lipinski definition) is 0. The Morgan fingerprint density at radius 1 is 1.39 bits per heavy atom. The van der Waals surface area contributed by atoms with Crippen LogP contribution in [0.15, 0.2) is 22.7 Å². The smallest absolute Gasteiger partial charge is 0.251 e. The molecule has 0 aliphatic rings. The molecule has 102 valence electrons. The molecular formula is C12H15Br2F2NO. The van der Waals surface area contributed by atoms with E-state index in [-0.39, 0.29) is 6.54 Å². The second kappa shape index (κ2) is 8.07. The lowest BCUT2D eigenvalue weighted by Crippen LogP contribution is -2.30. The molecule has 0 bridgehead atoms. The molecule has 1 aromatic carbocycles. The number of alkyl halides is 3. The Kier molecular flexibility index (Phi) is 7.11. The SMILES string of the molecule is COc1ccc(Br)cc1CN(CCBr)CC(F)F. The molecule has 1 aromatic rings. The molecule has 0 radical (unpaired) electrons. The lowest BCUT2D eigenvalue weighted by molar-refractivity contribution is 0.0877. The summed E-state index contributed by atoms with van der Waals surface area (Å²) in [6.07, 6.45) is -2.33. The van der Waals surface area contributed by atoms with E-state index in [4.69, 9.17) is 4.74 Å². The molecule has 0 spiro atoms. The largest absolute Gasteiger partial charge is 0.496 e. The number of halogens is 4. The van der Waals surface area contributed by atoms with Gasteiger partial charge in [0.1, 0.15) is 5.75 Å². The van der Waals surface area contributed by atoms with Crippen molar-refractivity contribution in [2.24, 2.45) is 0 Å². The Morgan fingerprint density at radius 3 is 2.67 bits per heavy atom. The van der Waals surface area contributed by atoms with Gasteiger partial charge in [-0.15, -0.1) is 0 Å². The highest BCUT2D eigenvalue weighted by Crippen LogP contribution is 2.24. The van der Waals surface area contributed by atoms with Crippen LogP contribution in [-0.2, 0) is 6.54 Å². The average molecular weight is 387 g/mol. The van der Waals surface area contributed by atoms with Crippen LogP contribution < -0.4 is 4.74 Å². The van der Waals surface area contributed by atoms with Crippen LogP contribution in [0.4, 0.5) is 8.78 Å². The highest BCUT2D eigenvalue weighted by atomic mass is 79.9. The predicted octanol–water partition coefficient (Wildman–Crippen LogP) is 3.92. The molecule has 0 aliphatic carbocycles. The van der Waals surface area contributed by atoms with E-state index in [1.807, 2.05) is 18.2 Å². The van der Waals surface area contributed by atoms with Crippen LogP contribution in [0.5, 0.6) is 5.75 Å². The third kappa shape index (κ3) is 5.20. The van der Waals surface area contributed by atoms with Crippen LogP contribution in [0, 0.1) is 0 Å². The average Bonchev–Trinajstić information content (AvgIpc) is 2.28. The van der Waals surface area contributed by atoms with Crippen molar-refractivity contribution < 1.29 is 13.5 Å². The first-order valence-corrected chi connectivity index (χ1v) is 7.37. The van der Waals surface area contributed by atoms with Crippen molar-refractivity contribution in [2.75, 3.05) is 25.5 Å². The van der Waals surface area contributed by atoms with Gasteiger partial charge in [0, 0.05) is 28.5 Å². The molecule has 0 N–H and O–H groups in total. The maximum atomic E-state index is 12.5. The first-order chi connectivity index (χ1) is 8.56. The lowest BCUT2D eigenvalue weighted by Gasteiger charge is -2.22. The Hall–Kier alpha value is -0.200. The van der Waals surface area contributed by atoms with Gasteiger partial charge < -0.3 is 4.74 Å². The molecular weight excluding hydrogens is 372 g/mol. The van der Waals surface area contributed by atoms with Gasteiger partial charge in [0.15, 0.2) is 0 Å². The predicted molar refractivity (Wildman–Crippen MR) is 75.8 cm³/mol. The normalized spacial score (nSPS) is 11.3. The second-order valence-electron chi connectivity index (χ2n) is 3.77. The Morgan fingerprint density at radius 2 is 2.11 bits per heavy atom. The Bertz CT molecular complexity index is 377. The molecule has 0 atom stereocenters. The Labute approximate surface area is 123 Å². The zero-order valence-electron chi connectivity index (χ0n) is 10.0. The van der Waals surface area contributed by atoms with E-state index in [9.17, 15) is 8.78 Å². The minimum atomic E-state index is -2.33. The summed E-state index contributed by atoms with van der Waals surface area (Å²) >= 11 is 6.65. The van der Waals surface area contributed by atoms with Crippen LogP contribution in [0.1, 0.15) is 5.56 Å². The fourth-order valence-corrected chi connectivity index (χ4v) is 2.57. The van der Waals surface area contributed by atoms with E-state index in [0.29, 0.717) is 24.2 Å². The molecule has 0 saturated carbocycles. The van der Waals surface area contributed by atoms with Crippen LogP contribution in [0.2, 0.25) is 0 Å². The first-order valence-electron chi connectivity index (χ1n) is 5.45. The maximum Gasteiger partial charge on any atom is 0.251 e. The molecule has 18 heavy (non-hydrogen) atoms. The summed E-state index contributed by atoms with van der Waals surface area (Å²) in [6.45, 7) is 0.778.